The molecule has 0 heterocycles. The lowest BCUT2D eigenvalue weighted by Crippen LogP contribution is -2.19. The highest BCUT2D eigenvalue weighted by molar-refractivity contribution is 7.90. The van der Waals surface area contributed by atoms with E-state index in [1.165, 1.54) is 29.3 Å². The van der Waals surface area contributed by atoms with Crippen molar-refractivity contribution in [3.05, 3.63) is 24.3 Å². The Morgan fingerprint density at radius 3 is 2.35 bits per heavy atom. The maximum absolute atomic E-state index is 11.8. The summed E-state index contributed by atoms with van der Waals surface area (Å²) in [5.41, 5.74) is 0.512. The molecule has 110 valence electrons. The summed E-state index contributed by atoms with van der Waals surface area (Å²) < 4.78 is 26.9. The second-order valence-corrected chi connectivity index (χ2v) is 5.84. The van der Waals surface area contributed by atoms with Crippen molar-refractivity contribution in [1.29, 1.82) is 0 Å². The minimum Gasteiger partial charge on any atom is -0.861 e. The fourth-order valence-corrected chi connectivity index (χ4v) is 2.22. The Bertz CT molecular complexity index is 592. The molecule has 0 atom stereocenters. The van der Waals surface area contributed by atoms with Gasteiger partial charge < -0.3 is 5.11 Å². The zero-order valence-corrected chi connectivity index (χ0v) is 12.5. The molecular formula is C12H17N4O3S-. The first-order valence-electron chi connectivity index (χ1n) is 6.05. The van der Waals surface area contributed by atoms with E-state index in [1.54, 1.807) is 21.0 Å². The maximum atomic E-state index is 11.8. The highest BCUT2D eigenvalue weighted by atomic mass is 32.2. The van der Waals surface area contributed by atoms with Crippen LogP contribution in [0.15, 0.2) is 43.9 Å². The number of nitrogens with zero attached hydrogens (tertiary/aromatic N) is 4. The smallest absolute Gasteiger partial charge is 0.281 e. The molecule has 0 N–H and O–H groups in total. The number of hydrogen-bond donors (Lipinski definition) is 0. The van der Waals surface area contributed by atoms with Crippen molar-refractivity contribution in [3.63, 3.8) is 0 Å². The fraction of sp³-hybridized carbons (Fsp3) is 0.417. The van der Waals surface area contributed by atoms with Crippen LogP contribution >= 0.6 is 0 Å². The molecule has 8 heteroatoms. The van der Waals surface area contributed by atoms with Gasteiger partial charge in [-0.25, -0.2) is 0 Å². The van der Waals surface area contributed by atoms with Crippen LogP contribution in [0.2, 0.25) is 0 Å². The number of hydrogen-bond acceptors (Lipinski definition) is 5. The third-order valence-electron chi connectivity index (χ3n) is 2.16. The largest absolute Gasteiger partial charge is 0.861 e. The van der Waals surface area contributed by atoms with Crippen molar-refractivity contribution in [2.24, 2.45) is 14.7 Å². The Morgan fingerprint density at radius 1 is 1.25 bits per heavy atom. The van der Waals surface area contributed by atoms with Crippen molar-refractivity contribution in [1.82, 2.24) is 5.01 Å². The first-order chi connectivity index (χ1) is 9.35. The van der Waals surface area contributed by atoms with E-state index < -0.39 is 15.9 Å². The second-order valence-electron chi connectivity index (χ2n) is 4.24. The molecule has 0 aliphatic heterocycles. The average molecular weight is 297 g/mol. The van der Waals surface area contributed by atoms with E-state index in [9.17, 15) is 13.5 Å². The van der Waals surface area contributed by atoms with Crippen LogP contribution in [0.3, 0.4) is 0 Å². The molecule has 0 saturated carbocycles. The SMILES string of the molecule is CCC/C([O-])=N\S(=O)(=O)c1ccc(N=NN(C)C)cc1. The van der Waals surface area contributed by atoms with E-state index in [-0.39, 0.29) is 11.3 Å². The van der Waals surface area contributed by atoms with Gasteiger partial charge in [-0.1, -0.05) is 18.6 Å². The van der Waals surface area contributed by atoms with Gasteiger partial charge in [-0.15, -0.1) is 5.11 Å². The summed E-state index contributed by atoms with van der Waals surface area (Å²) in [4.78, 5) is -0.0363. The number of sulfonamides is 1. The lowest BCUT2D eigenvalue weighted by atomic mass is 10.3. The summed E-state index contributed by atoms with van der Waals surface area (Å²) in [5, 5.41) is 20.5. The minimum atomic E-state index is -3.94. The van der Waals surface area contributed by atoms with Crippen molar-refractivity contribution in [2.45, 2.75) is 24.7 Å². The van der Waals surface area contributed by atoms with Gasteiger partial charge in [-0.2, -0.15) is 12.8 Å². The molecule has 1 aromatic rings. The highest BCUT2D eigenvalue weighted by Gasteiger charge is 2.11. The minimum absolute atomic E-state index is 0.0363. The van der Waals surface area contributed by atoms with Gasteiger partial charge in [-0.05, 0) is 36.6 Å². The maximum Gasteiger partial charge on any atom is 0.281 e. The van der Waals surface area contributed by atoms with Crippen LogP contribution < -0.4 is 5.11 Å². The summed E-state index contributed by atoms with van der Waals surface area (Å²) in [5.74, 6) is -0.635. The zero-order chi connectivity index (χ0) is 15.2. The predicted molar refractivity (Wildman–Crippen MR) is 74.2 cm³/mol. The van der Waals surface area contributed by atoms with Crippen LogP contribution in [0.25, 0.3) is 0 Å². The first-order valence-corrected chi connectivity index (χ1v) is 7.49. The van der Waals surface area contributed by atoms with Crippen molar-refractivity contribution in [3.8, 4) is 0 Å². The second kappa shape index (κ2) is 6.99. The normalized spacial score (nSPS) is 12.8. The molecule has 0 fully saturated rings. The summed E-state index contributed by atoms with van der Waals surface area (Å²) in [6.07, 6.45) is 0.677. The Labute approximate surface area is 118 Å². The molecule has 0 aliphatic carbocycles. The van der Waals surface area contributed by atoms with Crippen LogP contribution in [0.5, 0.6) is 0 Å². The molecule has 7 nitrogen and oxygen atoms in total. The summed E-state index contributed by atoms with van der Waals surface area (Å²) >= 11 is 0. The van der Waals surface area contributed by atoms with Gasteiger partial charge >= 0.3 is 0 Å². The monoisotopic (exact) mass is 297 g/mol. The van der Waals surface area contributed by atoms with Gasteiger partial charge in [0.15, 0.2) is 0 Å². The summed E-state index contributed by atoms with van der Waals surface area (Å²) in [7, 11) is -0.491. The standard InChI is InChI=1S/C12H18N4O3S/c1-4-5-12(17)14-20(18,19)11-8-6-10(7-9-11)13-15-16(2)3/h6-9H,4-5H2,1-3H3,(H,14,17)/p-1. The molecule has 1 rings (SSSR count). The third-order valence-corrected chi connectivity index (χ3v) is 3.47. The molecular weight excluding hydrogens is 280 g/mol. The Hall–Kier alpha value is -1.96. The van der Waals surface area contributed by atoms with Gasteiger partial charge in [0.1, 0.15) is 0 Å². The summed E-state index contributed by atoms with van der Waals surface area (Å²) in [6, 6.07) is 5.70. The van der Waals surface area contributed by atoms with Crippen molar-refractivity contribution < 1.29 is 13.5 Å². The molecule has 0 amide bonds. The van der Waals surface area contributed by atoms with Gasteiger partial charge in [0.25, 0.3) is 10.0 Å². The molecule has 0 bridgehead atoms. The number of benzene rings is 1. The van der Waals surface area contributed by atoms with Crippen molar-refractivity contribution in [2.75, 3.05) is 14.1 Å². The van der Waals surface area contributed by atoms with E-state index in [0.717, 1.165) is 0 Å². The van der Waals surface area contributed by atoms with E-state index in [2.05, 4.69) is 14.7 Å². The first kappa shape index (κ1) is 16.1. The lowest BCUT2D eigenvalue weighted by Gasteiger charge is -2.08. The van der Waals surface area contributed by atoms with Gasteiger partial charge in [0.05, 0.1) is 10.6 Å². The van der Waals surface area contributed by atoms with Gasteiger partial charge in [0, 0.05) is 14.1 Å². The average Bonchev–Trinajstić information content (AvgIpc) is 2.36. The third kappa shape index (κ3) is 4.96. The topological polar surface area (TPSA) is 97.5 Å². The zero-order valence-electron chi connectivity index (χ0n) is 11.6. The summed E-state index contributed by atoms with van der Waals surface area (Å²) in [6.45, 7) is 1.78. The molecule has 0 spiro atoms. The van der Waals surface area contributed by atoms with E-state index >= 15 is 0 Å². The Balaban J connectivity index is 2.95. The molecule has 0 unspecified atom stereocenters. The molecule has 0 aliphatic rings. The highest BCUT2D eigenvalue weighted by Crippen LogP contribution is 2.18. The van der Waals surface area contributed by atoms with Crippen LogP contribution in [0.1, 0.15) is 19.8 Å². The van der Waals surface area contributed by atoms with Gasteiger partial charge in [-0.3, -0.25) is 5.01 Å². The molecule has 0 saturated heterocycles. The molecule has 0 radical (unpaired) electrons. The van der Waals surface area contributed by atoms with Crippen LogP contribution in [0.4, 0.5) is 5.69 Å². The molecule has 1 aromatic carbocycles. The van der Waals surface area contributed by atoms with Crippen LogP contribution in [-0.4, -0.2) is 33.4 Å². The number of rotatable bonds is 6. The van der Waals surface area contributed by atoms with E-state index in [0.29, 0.717) is 12.1 Å². The molecule has 20 heavy (non-hydrogen) atoms. The fourth-order valence-electron chi connectivity index (χ4n) is 1.27. The van der Waals surface area contributed by atoms with Crippen LogP contribution in [-0.2, 0) is 10.0 Å². The Kier molecular flexibility index (Phi) is 5.63. The van der Waals surface area contributed by atoms with E-state index in [4.69, 9.17) is 0 Å². The van der Waals surface area contributed by atoms with E-state index in [1.807, 2.05) is 0 Å². The van der Waals surface area contributed by atoms with Gasteiger partial charge in [0.2, 0.25) is 0 Å². The lowest BCUT2D eigenvalue weighted by molar-refractivity contribution is -0.218. The predicted octanol–water partition coefficient (Wildman–Crippen LogP) is 1.49. The quantitative estimate of drug-likeness (QED) is 0.344. The molecule has 0 aromatic heterocycles. The van der Waals surface area contributed by atoms with Crippen LogP contribution in [0, 0.1) is 0 Å². The Morgan fingerprint density at radius 2 is 1.85 bits per heavy atom. The van der Waals surface area contributed by atoms with Crippen molar-refractivity contribution >= 4 is 21.6 Å².